The van der Waals surface area contributed by atoms with Gasteiger partial charge in [0.05, 0.1) is 22.4 Å². The molecule has 2 fully saturated rings. The summed E-state index contributed by atoms with van der Waals surface area (Å²) in [5.41, 5.74) is -0.103. The van der Waals surface area contributed by atoms with Crippen LogP contribution in [-0.2, 0) is 28.1 Å². The van der Waals surface area contributed by atoms with Gasteiger partial charge in [-0.05, 0) is 91.3 Å². The van der Waals surface area contributed by atoms with Crippen LogP contribution in [0, 0.1) is 0 Å². The standard InChI is InChI=1S/C44H80B2O7/c1-11-13-15-17-19-21-23-25-27-29-31-47-40(48-32-30-28-26-24-22-20-18-16-14-12-2)36-49-39-34-37(45-50-41(3,4)42(5,6)51-45)33-38(35-39)46-52-43(7,8)44(9,10)53-46/h33-35,40H,11-32,36H2,1-10H3. The Morgan fingerprint density at radius 3 is 1.08 bits per heavy atom. The SMILES string of the molecule is CCCCCCCCCCCCOC(COc1cc(B2OC(C)(C)C(C)(C)O2)cc(B2OC(C)(C)C(C)(C)O2)c1)OCCCCCCCCCCCC. The van der Waals surface area contributed by atoms with Crippen molar-refractivity contribution >= 4 is 25.2 Å². The zero-order valence-electron chi connectivity index (χ0n) is 36.1. The average molecular weight is 743 g/mol. The maximum atomic E-state index is 6.51. The van der Waals surface area contributed by atoms with Crippen LogP contribution >= 0.6 is 0 Å². The van der Waals surface area contributed by atoms with Crippen molar-refractivity contribution in [2.45, 2.75) is 226 Å². The third-order valence-corrected chi connectivity index (χ3v) is 12.0. The lowest BCUT2D eigenvalue weighted by atomic mass is 9.71. The van der Waals surface area contributed by atoms with Crippen LogP contribution in [0.25, 0.3) is 0 Å². The van der Waals surface area contributed by atoms with Gasteiger partial charge in [0.1, 0.15) is 12.4 Å². The highest BCUT2D eigenvalue weighted by Gasteiger charge is 2.54. The molecule has 1 aromatic carbocycles. The largest absolute Gasteiger partial charge is 0.494 e. The van der Waals surface area contributed by atoms with Crippen LogP contribution in [-0.4, -0.2) is 62.8 Å². The molecular formula is C44H80B2O7. The quantitative estimate of drug-likeness (QED) is 0.0460. The van der Waals surface area contributed by atoms with Crippen molar-refractivity contribution in [1.82, 2.24) is 0 Å². The van der Waals surface area contributed by atoms with E-state index < -0.39 is 42.9 Å². The molecule has 0 saturated carbocycles. The predicted molar refractivity (Wildman–Crippen MR) is 223 cm³/mol. The third-order valence-electron chi connectivity index (χ3n) is 12.0. The van der Waals surface area contributed by atoms with Crippen molar-refractivity contribution in [2.75, 3.05) is 19.8 Å². The Labute approximate surface area is 327 Å². The number of hydrogen-bond acceptors (Lipinski definition) is 7. The highest BCUT2D eigenvalue weighted by Crippen LogP contribution is 2.38. The van der Waals surface area contributed by atoms with E-state index in [4.69, 9.17) is 32.8 Å². The van der Waals surface area contributed by atoms with E-state index in [1.807, 2.05) is 12.1 Å². The molecule has 7 nitrogen and oxygen atoms in total. The second-order valence-corrected chi connectivity index (χ2v) is 17.9. The number of hydrogen-bond donors (Lipinski definition) is 0. The molecule has 0 radical (unpaired) electrons. The second-order valence-electron chi connectivity index (χ2n) is 17.9. The van der Waals surface area contributed by atoms with E-state index in [2.05, 4.69) is 75.3 Å². The Bertz CT molecular complexity index is 1030. The normalized spacial score (nSPS) is 18.8. The van der Waals surface area contributed by atoms with Crippen LogP contribution in [0.2, 0.25) is 0 Å². The molecule has 304 valence electrons. The van der Waals surface area contributed by atoms with E-state index in [0.29, 0.717) is 25.6 Å². The van der Waals surface area contributed by atoms with Gasteiger partial charge in [-0.1, -0.05) is 135 Å². The van der Waals surface area contributed by atoms with E-state index in [1.165, 1.54) is 116 Å². The van der Waals surface area contributed by atoms with Gasteiger partial charge in [-0.2, -0.15) is 0 Å². The van der Waals surface area contributed by atoms with Crippen molar-refractivity contribution in [3.8, 4) is 5.75 Å². The fourth-order valence-corrected chi connectivity index (χ4v) is 6.88. The first kappa shape index (κ1) is 46.3. The minimum absolute atomic E-state index is 0.297. The van der Waals surface area contributed by atoms with Gasteiger partial charge in [0.2, 0.25) is 0 Å². The maximum Gasteiger partial charge on any atom is 0.494 e. The minimum atomic E-state index is -0.541. The van der Waals surface area contributed by atoms with Gasteiger partial charge < -0.3 is 32.8 Å². The molecular weight excluding hydrogens is 662 g/mol. The van der Waals surface area contributed by atoms with E-state index in [-0.39, 0.29) is 0 Å². The van der Waals surface area contributed by atoms with Gasteiger partial charge in [-0.15, -0.1) is 0 Å². The molecule has 0 aromatic heterocycles. The topological polar surface area (TPSA) is 64.6 Å². The predicted octanol–water partition coefficient (Wildman–Crippen LogP) is 10.9. The van der Waals surface area contributed by atoms with Crippen molar-refractivity contribution in [3.05, 3.63) is 18.2 Å². The maximum absolute atomic E-state index is 6.51. The first-order chi connectivity index (χ1) is 25.2. The molecule has 0 aliphatic carbocycles. The Morgan fingerprint density at radius 1 is 0.453 bits per heavy atom. The summed E-state index contributed by atoms with van der Waals surface area (Å²) in [4.78, 5) is 0. The first-order valence-corrected chi connectivity index (χ1v) is 21.9. The summed E-state index contributed by atoms with van der Waals surface area (Å²) >= 11 is 0. The minimum Gasteiger partial charge on any atom is -0.488 e. The Morgan fingerprint density at radius 2 is 0.755 bits per heavy atom. The van der Waals surface area contributed by atoms with Gasteiger partial charge in [0.15, 0.2) is 6.29 Å². The molecule has 3 rings (SSSR count). The monoisotopic (exact) mass is 743 g/mol. The summed E-state index contributed by atoms with van der Waals surface area (Å²) in [6, 6.07) is 6.09. The van der Waals surface area contributed by atoms with E-state index in [0.717, 1.165) is 23.8 Å². The fraction of sp³-hybridized carbons (Fsp3) is 0.864. The summed E-state index contributed by atoms with van der Waals surface area (Å²) in [5.74, 6) is 0.692. The lowest BCUT2D eigenvalue weighted by Gasteiger charge is -2.32. The molecule has 0 unspecified atom stereocenters. The van der Waals surface area contributed by atoms with E-state index in [9.17, 15) is 0 Å². The van der Waals surface area contributed by atoms with Crippen molar-refractivity contribution < 1.29 is 32.8 Å². The number of benzene rings is 1. The highest BCUT2D eigenvalue weighted by molar-refractivity contribution is 6.66. The second kappa shape index (κ2) is 23.2. The Hall–Kier alpha value is -1.09. The van der Waals surface area contributed by atoms with Crippen molar-refractivity contribution in [2.24, 2.45) is 0 Å². The summed E-state index contributed by atoms with van der Waals surface area (Å²) in [7, 11) is -1.08. The number of ether oxygens (including phenoxy) is 3. The summed E-state index contributed by atoms with van der Waals surface area (Å²) in [6.07, 6.45) is 25.5. The molecule has 9 heteroatoms. The van der Waals surface area contributed by atoms with Crippen LogP contribution in [0.4, 0.5) is 0 Å². The highest BCUT2D eigenvalue weighted by atomic mass is 16.7. The number of rotatable bonds is 29. The molecule has 2 heterocycles. The van der Waals surface area contributed by atoms with E-state index >= 15 is 0 Å². The van der Waals surface area contributed by atoms with Gasteiger partial charge >= 0.3 is 14.2 Å². The summed E-state index contributed by atoms with van der Waals surface area (Å²) in [5, 5.41) is 0. The molecule has 53 heavy (non-hydrogen) atoms. The van der Waals surface area contributed by atoms with Gasteiger partial charge in [-0.25, -0.2) is 0 Å². The molecule has 0 amide bonds. The van der Waals surface area contributed by atoms with E-state index in [1.54, 1.807) is 0 Å². The molecule has 0 spiro atoms. The van der Waals surface area contributed by atoms with Crippen LogP contribution in [0.15, 0.2) is 18.2 Å². The molecule has 1 aromatic rings. The van der Waals surface area contributed by atoms with Crippen LogP contribution in [0.3, 0.4) is 0 Å². The molecule has 2 aliphatic rings. The smallest absolute Gasteiger partial charge is 0.488 e. The number of unbranched alkanes of at least 4 members (excludes halogenated alkanes) is 18. The zero-order valence-corrected chi connectivity index (χ0v) is 36.1. The van der Waals surface area contributed by atoms with Crippen LogP contribution in [0.5, 0.6) is 5.75 Å². The molecule has 0 N–H and O–H groups in total. The molecule has 0 bridgehead atoms. The fourth-order valence-electron chi connectivity index (χ4n) is 6.88. The summed E-state index contributed by atoms with van der Waals surface area (Å²) < 4.78 is 45.1. The summed E-state index contributed by atoms with van der Waals surface area (Å²) in [6.45, 7) is 22.8. The molecule has 2 aliphatic heterocycles. The van der Waals surface area contributed by atoms with Gasteiger partial charge in [-0.3, -0.25) is 0 Å². The molecule has 0 atom stereocenters. The lowest BCUT2D eigenvalue weighted by molar-refractivity contribution is -0.159. The Balaban J connectivity index is 1.60. The van der Waals surface area contributed by atoms with Gasteiger partial charge in [0, 0.05) is 13.2 Å². The van der Waals surface area contributed by atoms with Gasteiger partial charge in [0.25, 0.3) is 0 Å². The molecule has 2 saturated heterocycles. The first-order valence-electron chi connectivity index (χ1n) is 21.9. The van der Waals surface area contributed by atoms with Crippen molar-refractivity contribution in [3.63, 3.8) is 0 Å². The zero-order chi connectivity index (χ0) is 38.8. The van der Waals surface area contributed by atoms with Crippen molar-refractivity contribution in [1.29, 1.82) is 0 Å². The third kappa shape index (κ3) is 15.8. The van der Waals surface area contributed by atoms with Crippen LogP contribution in [0.1, 0.15) is 198 Å². The van der Waals surface area contributed by atoms with Crippen LogP contribution < -0.4 is 15.7 Å². The Kier molecular flexibility index (Phi) is 20.3. The average Bonchev–Trinajstić information content (AvgIpc) is 3.47. The lowest BCUT2D eigenvalue weighted by Crippen LogP contribution is -2.41.